The van der Waals surface area contributed by atoms with Gasteiger partial charge in [0.15, 0.2) is 0 Å². The summed E-state index contributed by atoms with van der Waals surface area (Å²) >= 11 is 0. The number of aromatic nitrogens is 1. The van der Waals surface area contributed by atoms with Crippen molar-refractivity contribution in [2.75, 3.05) is 19.6 Å². The van der Waals surface area contributed by atoms with Crippen molar-refractivity contribution in [2.45, 2.75) is 32.4 Å². The molecule has 3 heterocycles. The molecule has 1 aromatic heterocycles. The minimum atomic E-state index is 0.495. The van der Waals surface area contributed by atoms with Gasteiger partial charge in [0.1, 0.15) is 0 Å². The quantitative estimate of drug-likeness (QED) is 0.883. The Kier molecular flexibility index (Phi) is 3.35. The van der Waals surface area contributed by atoms with E-state index in [1.807, 2.05) is 18.5 Å². The Morgan fingerprint density at radius 1 is 1.50 bits per heavy atom. The van der Waals surface area contributed by atoms with Gasteiger partial charge in [-0.15, -0.1) is 0 Å². The molecule has 98 valence electrons. The maximum absolute atomic E-state index is 4.26. The summed E-state index contributed by atoms with van der Waals surface area (Å²) < 4.78 is 0. The maximum atomic E-state index is 4.26. The Hall–Kier alpha value is -0.930. The van der Waals surface area contributed by atoms with Crippen LogP contribution >= 0.6 is 0 Å². The molecule has 1 N–H and O–H groups in total. The molecule has 3 nitrogen and oxygen atoms in total. The summed E-state index contributed by atoms with van der Waals surface area (Å²) in [5, 5.41) is 3.55. The van der Waals surface area contributed by atoms with Gasteiger partial charge in [-0.05, 0) is 49.9 Å². The fraction of sp³-hybridized carbons (Fsp3) is 0.667. The largest absolute Gasteiger partial charge is 0.316 e. The van der Waals surface area contributed by atoms with E-state index in [2.05, 4.69) is 35.1 Å². The van der Waals surface area contributed by atoms with E-state index in [-0.39, 0.29) is 0 Å². The highest BCUT2D eigenvalue weighted by Crippen LogP contribution is 2.39. The molecule has 18 heavy (non-hydrogen) atoms. The Labute approximate surface area is 110 Å². The van der Waals surface area contributed by atoms with Crippen LogP contribution in [0.2, 0.25) is 0 Å². The van der Waals surface area contributed by atoms with Crippen LogP contribution in [0.25, 0.3) is 0 Å². The zero-order chi connectivity index (χ0) is 12.5. The maximum Gasteiger partial charge on any atom is 0.0338 e. The topological polar surface area (TPSA) is 28.2 Å². The molecule has 0 bridgehead atoms. The highest BCUT2D eigenvalue weighted by Gasteiger charge is 2.44. The van der Waals surface area contributed by atoms with Crippen LogP contribution in [0.4, 0.5) is 0 Å². The van der Waals surface area contributed by atoms with Gasteiger partial charge in [0, 0.05) is 31.0 Å². The molecular formula is C15H23N3. The SMILES string of the molecule is CCC1C2CNCC2CN1C(C)c1cccnc1. The van der Waals surface area contributed by atoms with E-state index >= 15 is 0 Å². The summed E-state index contributed by atoms with van der Waals surface area (Å²) in [5.74, 6) is 1.71. The van der Waals surface area contributed by atoms with E-state index in [9.17, 15) is 0 Å². The van der Waals surface area contributed by atoms with Crippen LogP contribution in [0.1, 0.15) is 31.9 Å². The number of nitrogens with zero attached hydrogens (tertiary/aromatic N) is 2. The predicted octanol–water partition coefficient (Wildman–Crippen LogP) is 2.07. The first-order valence-electron chi connectivity index (χ1n) is 7.17. The highest BCUT2D eigenvalue weighted by molar-refractivity contribution is 5.15. The van der Waals surface area contributed by atoms with E-state index < -0.39 is 0 Å². The molecule has 4 atom stereocenters. The third-order valence-electron chi connectivity index (χ3n) is 4.84. The summed E-state index contributed by atoms with van der Waals surface area (Å²) in [5.41, 5.74) is 1.35. The van der Waals surface area contributed by atoms with E-state index in [0.29, 0.717) is 6.04 Å². The number of likely N-dealkylation sites (tertiary alicyclic amines) is 1. The average molecular weight is 245 g/mol. The fourth-order valence-corrected chi connectivity index (χ4v) is 3.85. The number of hydrogen-bond acceptors (Lipinski definition) is 3. The van der Waals surface area contributed by atoms with Gasteiger partial charge in [0.05, 0.1) is 0 Å². The van der Waals surface area contributed by atoms with E-state index in [1.165, 1.54) is 31.6 Å². The summed E-state index contributed by atoms with van der Waals surface area (Å²) in [7, 11) is 0. The summed E-state index contributed by atoms with van der Waals surface area (Å²) in [6, 6.07) is 5.48. The molecule has 0 aromatic carbocycles. The third-order valence-corrected chi connectivity index (χ3v) is 4.84. The van der Waals surface area contributed by atoms with Crippen LogP contribution in [0.5, 0.6) is 0 Å². The molecule has 0 amide bonds. The number of rotatable bonds is 3. The van der Waals surface area contributed by atoms with Gasteiger partial charge in [-0.1, -0.05) is 13.0 Å². The first kappa shape index (κ1) is 12.1. The molecule has 3 heteroatoms. The van der Waals surface area contributed by atoms with Crippen molar-refractivity contribution in [1.29, 1.82) is 0 Å². The molecular weight excluding hydrogens is 222 g/mol. The Morgan fingerprint density at radius 3 is 3.11 bits per heavy atom. The second-order valence-corrected chi connectivity index (χ2v) is 5.72. The minimum Gasteiger partial charge on any atom is -0.316 e. The summed E-state index contributed by atoms with van der Waals surface area (Å²) in [6.45, 7) is 8.31. The van der Waals surface area contributed by atoms with Crippen LogP contribution in [0, 0.1) is 11.8 Å². The summed E-state index contributed by atoms with van der Waals surface area (Å²) in [6.07, 6.45) is 5.13. The fourth-order valence-electron chi connectivity index (χ4n) is 3.85. The van der Waals surface area contributed by atoms with E-state index in [0.717, 1.165) is 17.9 Å². The zero-order valence-electron chi connectivity index (χ0n) is 11.3. The van der Waals surface area contributed by atoms with Gasteiger partial charge in [0.2, 0.25) is 0 Å². The Morgan fingerprint density at radius 2 is 2.39 bits per heavy atom. The number of hydrogen-bond donors (Lipinski definition) is 1. The van der Waals surface area contributed by atoms with Crippen LogP contribution < -0.4 is 5.32 Å². The minimum absolute atomic E-state index is 0.495. The summed E-state index contributed by atoms with van der Waals surface area (Å²) in [4.78, 5) is 6.96. The lowest BCUT2D eigenvalue weighted by molar-refractivity contribution is 0.165. The van der Waals surface area contributed by atoms with Crippen LogP contribution in [0.15, 0.2) is 24.5 Å². The first-order valence-corrected chi connectivity index (χ1v) is 7.17. The normalized spacial score (nSPS) is 33.6. The number of pyridine rings is 1. The van der Waals surface area contributed by atoms with Crippen molar-refractivity contribution >= 4 is 0 Å². The molecule has 4 unspecified atom stereocenters. The van der Waals surface area contributed by atoms with Crippen LogP contribution in [-0.4, -0.2) is 35.6 Å². The van der Waals surface area contributed by atoms with Gasteiger partial charge < -0.3 is 5.32 Å². The second-order valence-electron chi connectivity index (χ2n) is 5.72. The molecule has 2 aliphatic heterocycles. The van der Waals surface area contributed by atoms with Crippen molar-refractivity contribution in [2.24, 2.45) is 11.8 Å². The predicted molar refractivity (Wildman–Crippen MR) is 73.3 cm³/mol. The van der Waals surface area contributed by atoms with E-state index in [4.69, 9.17) is 0 Å². The van der Waals surface area contributed by atoms with Gasteiger partial charge in [-0.25, -0.2) is 0 Å². The monoisotopic (exact) mass is 245 g/mol. The zero-order valence-corrected chi connectivity index (χ0v) is 11.3. The standard InChI is InChI=1S/C15H23N3/c1-3-15-14-9-17-8-13(14)10-18(15)11(2)12-5-4-6-16-7-12/h4-7,11,13-15,17H,3,8-10H2,1-2H3. The van der Waals surface area contributed by atoms with Gasteiger partial charge in [-0.2, -0.15) is 0 Å². The molecule has 2 fully saturated rings. The third kappa shape index (κ3) is 1.95. The lowest BCUT2D eigenvalue weighted by Gasteiger charge is -2.32. The number of fused-ring (bicyclic) bond motifs is 1. The van der Waals surface area contributed by atoms with Crippen LogP contribution in [0.3, 0.4) is 0 Å². The lowest BCUT2D eigenvalue weighted by Crippen LogP contribution is -2.36. The van der Waals surface area contributed by atoms with Crippen LogP contribution in [-0.2, 0) is 0 Å². The van der Waals surface area contributed by atoms with Crippen molar-refractivity contribution < 1.29 is 0 Å². The molecule has 2 aliphatic rings. The lowest BCUT2D eigenvalue weighted by atomic mass is 9.92. The molecule has 0 spiro atoms. The van der Waals surface area contributed by atoms with Crippen molar-refractivity contribution in [3.05, 3.63) is 30.1 Å². The molecule has 2 saturated heterocycles. The first-order chi connectivity index (χ1) is 8.81. The van der Waals surface area contributed by atoms with Crippen molar-refractivity contribution in [3.8, 4) is 0 Å². The van der Waals surface area contributed by atoms with Gasteiger partial charge in [0.25, 0.3) is 0 Å². The molecule has 0 radical (unpaired) electrons. The molecule has 3 rings (SSSR count). The second kappa shape index (κ2) is 4.98. The average Bonchev–Trinajstić information content (AvgIpc) is 2.98. The molecule has 1 aromatic rings. The molecule has 0 aliphatic carbocycles. The highest BCUT2D eigenvalue weighted by atomic mass is 15.2. The van der Waals surface area contributed by atoms with Crippen molar-refractivity contribution in [1.82, 2.24) is 15.2 Å². The van der Waals surface area contributed by atoms with Gasteiger partial charge >= 0.3 is 0 Å². The van der Waals surface area contributed by atoms with Gasteiger partial charge in [-0.3, -0.25) is 9.88 Å². The Bertz CT molecular complexity index is 392. The molecule has 0 saturated carbocycles. The smallest absolute Gasteiger partial charge is 0.0338 e. The van der Waals surface area contributed by atoms with Crippen molar-refractivity contribution in [3.63, 3.8) is 0 Å². The number of nitrogens with one attached hydrogen (secondary N) is 1. The Balaban J connectivity index is 1.80. The van der Waals surface area contributed by atoms with E-state index in [1.54, 1.807) is 0 Å².